The van der Waals surface area contributed by atoms with Crippen LogP contribution >= 0.6 is 0 Å². The Bertz CT molecular complexity index is 801. The molecule has 0 unspecified atom stereocenters. The van der Waals surface area contributed by atoms with E-state index in [1.807, 2.05) is 0 Å². The monoisotopic (exact) mass is 407 g/mol. The van der Waals surface area contributed by atoms with E-state index in [-0.39, 0.29) is 19.2 Å². The summed E-state index contributed by atoms with van der Waals surface area (Å²) in [6.07, 6.45) is -10.0. The lowest BCUT2D eigenvalue weighted by Gasteiger charge is -2.14. The minimum absolute atomic E-state index is 0.0390. The van der Waals surface area contributed by atoms with Gasteiger partial charge < -0.3 is 14.8 Å². The summed E-state index contributed by atoms with van der Waals surface area (Å²) in [6, 6.07) is 7.23. The molecule has 0 bridgehead atoms. The molecule has 0 saturated heterocycles. The minimum atomic E-state index is -5.02. The average molecular weight is 407 g/mol. The van der Waals surface area contributed by atoms with Gasteiger partial charge in [-0.15, -0.1) is 0 Å². The summed E-state index contributed by atoms with van der Waals surface area (Å²) in [6.45, 7) is -0.183. The van der Waals surface area contributed by atoms with Gasteiger partial charge in [0.25, 0.3) is 5.91 Å². The zero-order valence-corrected chi connectivity index (χ0v) is 14.4. The highest BCUT2D eigenvalue weighted by Gasteiger charge is 2.37. The molecule has 0 aliphatic rings. The maximum absolute atomic E-state index is 12.8. The third-order valence-electron chi connectivity index (χ3n) is 3.55. The Balaban J connectivity index is 2.04. The van der Waals surface area contributed by atoms with Crippen molar-refractivity contribution >= 4 is 5.91 Å². The molecule has 0 saturated carbocycles. The maximum Gasteiger partial charge on any atom is 0.416 e. The van der Waals surface area contributed by atoms with Crippen LogP contribution in [0.25, 0.3) is 0 Å². The van der Waals surface area contributed by atoms with Crippen LogP contribution in [-0.4, -0.2) is 26.2 Å². The SMILES string of the molecule is COc1cccc(OCCNC(=O)c2cc(C(F)(F)F)cc(C(F)(F)F)c2)c1. The third-order valence-corrected chi connectivity index (χ3v) is 3.55. The number of hydrogen-bond donors (Lipinski definition) is 1. The Kier molecular flexibility index (Phi) is 6.42. The van der Waals surface area contributed by atoms with Gasteiger partial charge in [-0.2, -0.15) is 26.3 Å². The van der Waals surface area contributed by atoms with E-state index < -0.39 is 35.0 Å². The standard InChI is InChI=1S/C18H15F6NO3/c1-27-14-3-2-4-15(10-14)28-6-5-25-16(26)11-7-12(17(19,20)21)9-13(8-11)18(22,23)24/h2-4,7-10H,5-6H2,1H3,(H,25,26). The van der Waals surface area contributed by atoms with E-state index in [9.17, 15) is 31.1 Å². The van der Waals surface area contributed by atoms with Crippen LogP contribution in [0.5, 0.6) is 11.5 Å². The first-order valence-corrected chi connectivity index (χ1v) is 7.85. The molecule has 152 valence electrons. The number of carbonyl (C=O) groups excluding carboxylic acids is 1. The first kappa shape index (κ1) is 21.4. The molecule has 28 heavy (non-hydrogen) atoms. The quantitative estimate of drug-likeness (QED) is 0.565. The molecular weight excluding hydrogens is 392 g/mol. The van der Waals surface area contributed by atoms with E-state index >= 15 is 0 Å². The largest absolute Gasteiger partial charge is 0.497 e. The molecule has 0 spiro atoms. The van der Waals surface area contributed by atoms with Crippen LogP contribution in [0.1, 0.15) is 21.5 Å². The van der Waals surface area contributed by atoms with E-state index in [0.29, 0.717) is 23.6 Å². The van der Waals surface area contributed by atoms with Gasteiger partial charge in [-0.25, -0.2) is 0 Å². The normalized spacial score (nSPS) is 11.8. The molecule has 1 amide bonds. The van der Waals surface area contributed by atoms with Crippen LogP contribution in [0.4, 0.5) is 26.3 Å². The number of alkyl halides is 6. The van der Waals surface area contributed by atoms with Crippen LogP contribution in [-0.2, 0) is 12.4 Å². The fourth-order valence-electron chi connectivity index (χ4n) is 2.21. The van der Waals surface area contributed by atoms with E-state index in [1.54, 1.807) is 24.3 Å². The van der Waals surface area contributed by atoms with Crippen molar-refractivity contribution in [2.75, 3.05) is 20.3 Å². The molecule has 0 aliphatic carbocycles. The molecule has 0 atom stereocenters. The predicted molar refractivity (Wildman–Crippen MR) is 87.3 cm³/mol. The zero-order chi connectivity index (χ0) is 20.9. The van der Waals surface area contributed by atoms with Crippen molar-refractivity contribution in [3.05, 3.63) is 59.2 Å². The van der Waals surface area contributed by atoms with Gasteiger partial charge in [-0.05, 0) is 30.3 Å². The van der Waals surface area contributed by atoms with Crippen molar-refractivity contribution in [1.29, 1.82) is 0 Å². The molecule has 4 nitrogen and oxygen atoms in total. The Labute approximate surface area is 156 Å². The van der Waals surface area contributed by atoms with Crippen molar-refractivity contribution in [2.45, 2.75) is 12.4 Å². The number of benzene rings is 2. The molecule has 0 radical (unpaired) electrons. The number of hydrogen-bond acceptors (Lipinski definition) is 3. The Morgan fingerprint density at radius 1 is 0.929 bits per heavy atom. The highest BCUT2D eigenvalue weighted by atomic mass is 19.4. The first-order chi connectivity index (χ1) is 13.0. The van der Waals surface area contributed by atoms with Crippen molar-refractivity contribution in [3.63, 3.8) is 0 Å². The van der Waals surface area contributed by atoms with Gasteiger partial charge >= 0.3 is 12.4 Å². The summed E-state index contributed by atoms with van der Waals surface area (Å²) in [5.41, 5.74) is -3.86. The summed E-state index contributed by atoms with van der Waals surface area (Å²) >= 11 is 0. The van der Waals surface area contributed by atoms with Crippen molar-refractivity contribution in [3.8, 4) is 11.5 Å². The van der Waals surface area contributed by atoms with Crippen molar-refractivity contribution < 1.29 is 40.6 Å². The van der Waals surface area contributed by atoms with Gasteiger partial charge in [0.1, 0.15) is 18.1 Å². The smallest absolute Gasteiger partial charge is 0.416 e. The number of amides is 1. The summed E-state index contributed by atoms with van der Waals surface area (Å²) < 4.78 is 87.3. The molecule has 0 aliphatic heterocycles. The Hall–Kier alpha value is -2.91. The van der Waals surface area contributed by atoms with E-state index in [2.05, 4.69) is 5.32 Å². The molecule has 10 heteroatoms. The van der Waals surface area contributed by atoms with Crippen LogP contribution in [0.2, 0.25) is 0 Å². The maximum atomic E-state index is 12.8. The van der Waals surface area contributed by atoms with E-state index in [4.69, 9.17) is 9.47 Å². The number of carbonyl (C=O) groups is 1. The fourth-order valence-corrected chi connectivity index (χ4v) is 2.21. The highest BCUT2D eigenvalue weighted by Crippen LogP contribution is 2.36. The third kappa shape index (κ3) is 5.80. The lowest BCUT2D eigenvalue weighted by molar-refractivity contribution is -0.143. The Morgan fingerprint density at radius 3 is 2.04 bits per heavy atom. The molecule has 2 aromatic carbocycles. The van der Waals surface area contributed by atoms with Gasteiger partial charge in [0, 0.05) is 11.6 Å². The first-order valence-electron chi connectivity index (χ1n) is 7.85. The van der Waals surface area contributed by atoms with Gasteiger partial charge in [0.15, 0.2) is 0 Å². The molecule has 1 N–H and O–H groups in total. The van der Waals surface area contributed by atoms with E-state index in [0.717, 1.165) is 0 Å². The number of nitrogens with one attached hydrogen (secondary N) is 1. The summed E-state index contributed by atoms with van der Waals surface area (Å²) in [7, 11) is 1.46. The highest BCUT2D eigenvalue weighted by molar-refractivity contribution is 5.94. The van der Waals surface area contributed by atoms with Crippen LogP contribution in [0.3, 0.4) is 0 Å². The number of rotatable bonds is 6. The zero-order valence-electron chi connectivity index (χ0n) is 14.4. The number of halogens is 6. The van der Waals surface area contributed by atoms with Gasteiger partial charge in [-0.1, -0.05) is 6.07 Å². The second-order valence-electron chi connectivity index (χ2n) is 5.58. The van der Waals surface area contributed by atoms with Gasteiger partial charge in [0.05, 0.1) is 24.8 Å². The lowest BCUT2D eigenvalue weighted by Crippen LogP contribution is -2.28. The van der Waals surface area contributed by atoms with Gasteiger partial charge in [0.2, 0.25) is 0 Å². The van der Waals surface area contributed by atoms with Crippen molar-refractivity contribution in [2.24, 2.45) is 0 Å². The van der Waals surface area contributed by atoms with Crippen LogP contribution in [0.15, 0.2) is 42.5 Å². The fraction of sp³-hybridized carbons (Fsp3) is 0.278. The molecule has 2 aromatic rings. The second-order valence-corrected chi connectivity index (χ2v) is 5.58. The number of methoxy groups -OCH3 is 1. The second kappa shape index (κ2) is 8.41. The lowest BCUT2D eigenvalue weighted by atomic mass is 10.0. The minimum Gasteiger partial charge on any atom is -0.497 e. The molecule has 0 fully saturated rings. The van der Waals surface area contributed by atoms with Crippen LogP contribution < -0.4 is 14.8 Å². The summed E-state index contributed by atoms with van der Waals surface area (Å²) in [5, 5.41) is 2.23. The summed E-state index contributed by atoms with van der Waals surface area (Å²) in [5.74, 6) is -0.122. The molecule has 0 heterocycles. The topological polar surface area (TPSA) is 47.6 Å². The number of ether oxygens (including phenoxy) is 2. The molecule has 2 rings (SSSR count). The van der Waals surface area contributed by atoms with E-state index in [1.165, 1.54) is 7.11 Å². The molecule has 0 aromatic heterocycles. The van der Waals surface area contributed by atoms with Crippen LogP contribution in [0, 0.1) is 0 Å². The average Bonchev–Trinajstić information content (AvgIpc) is 2.63. The predicted octanol–water partition coefficient (Wildman–Crippen LogP) is 4.54. The van der Waals surface area contributed by atoms with Gasteiger partial charge in [-0.3, -0.25) is 4.79 Å². The summed E-state index contributed by atoms with van der Waals surface area (Å²) in [4.78, 5) is 12.0. The molecular formula is C18H15F6NO3. The van der Waals surface area contributed by atoms with Crippen molar-refractivity contribution in [1.82, 2.24) is 5.32 Å². The Morgan fingerprint density at radius 2 is 1.50 bits per heavy atom.